The number of carbonyl (C=O) groups is 1. The maximum Gasteiger partial charge on any atom is 0.330 e. The summed E-state index contributed by atoms with van der Waals surface area (Å²) in [5, 5.41) is 8.48. The summed E-state index contributed by atoms with van der Waals surface area (Å²) in [7, 11) is 6.00. The van der Waals surface area contributed by atoms with Crippen LogP contribution in [-0.2, 0) is 4.79 Å². The highest BCUT2D eigenvalue weighted by atomic mass is 35.5. The standard InChI is InChI=1S/C9H16O2.C3H9N.ClH/c1-7(8(10)11)5-6-9(2,3)4;1-4(2)3;/h1,5-6H2,2-4H3,(H,10,11);1-3H3;1H. The van der Waals surface area contributed by atoms with Crippen molar-refractivity contribution in [1.29, 1.82) is 0 Å². The highest BCUT2D eigenvalue weighted by Gasteiger charge is 2.12. The third kappa shape index (κ3) is 23.4. The molecule has 0 fully saturated rings. The van der Waals surface area contributed by atoms with Gasteiger partial charge in [-0.2, -0.15) is 0 Å². The molecule has 0 spiro atoms. The van der Waals surface area contributed by atoms with Crippen LogP contribution in [0.5, 0.6) is 0 Å². The summed E-state index contributed by atoms with van der Waals surface area (Å²) in [5.41, 5.74) is 0.498. The Bertz CT molecular complexity index is 205. The Morgan fingerprint density at radius 1 is 1.25 bits per heavy atom. The SMILES string of the molecule is C=C(CCC(C)(C)C)C(=O)O.CN(C)C.Cl. The van der Waals surface area contributed by atoms with E-state index < -0.39 is 5.97 Å². The molecule has 4 heteroatoms. The Balaban J connectivity index is -0.000000292. The van der Waals surface area contributed by atoms with E-state index in [0.29, 0.717) is 12.0 Å². The fraction of sp³-hybridized carbons (Fsp3) is 0.750. The lowest BCUT2D eigenvalue weighted by Gasteiger charge is -2.17. The van der Waals surface area contributed by atoms with Crippen LogP contribution >= 0.6 is 12.4 Å². The molecule has 0 saturated carbocycles. The first-order chi connectivity index (χ1) is 6.56. The molecule has 0 aromatic carbocycles. The summed E-state index contributed by atoms with van der Waals surface area (Å²) in [6.07, 6.45) is 1.46. The van der Waals surface area contributed by atoms with E-state index in [2.05, 4.69) is 27.4 Å². The second-order valence-electron chi connectivity index (χ2n) is 5.31. The third-order valence-corrected chi connectivity index (χ3v) is 1.48. The number of carboxylic acids is 1. The lowest BCUT2D eigenvalue weighted by molar-refractivity contribution is -0.132. The second kappa shape index (κ2) is 9.67. The number of hydrogen-bond donors (Lipinski definition) is 1. The van der Waals surface area contributed by atoms with E-state index in [9.17, 15) is 4.79 Å². The Labute approximate surface area is 106 Å². The maximum absolute atomic E-state index is 10.3. The fourth-order valence-electron chi connectivity index (χ4n) is 0.633. The van der Waals surface area contributed by atoms with Gasteiger partial charge in [0.05, 0.1) is 0 Å². The van der Waals surface area contributed by atoms with Crippen molar-refractivity contribution in [2.75, 3.05) is 21.1 Å². The van der Waals surface area contributed by atoms with Crippen LogP contribution in [0.2, 0.25) is 0 Å². The molecule has 0 aliphatic rings. The number of nitrogens with zero attached hydrogens (tertiary/aromatic N) is 1. The monoisotopic (exact) mass is 251 g/mol. The highest BCUT2D eigenvalue weighted by molar-refractivity contribution is 5.85. The molecule has 0 rings (SSSR count). The molecule has 0 aromatic heterocycles. The molecule has 16 heavy (non-hydrogen) atoms. The van der Waals surface area contributed by atoms with E-state index in [1.165, 1.54) is 0 Å². The Morgan fingerprint density at radius 3 is 1.75 bits per heavy atom. The molecular weight excluding hydrogens is 226 g/mol. The van der Waals surface area contributed by atoms with E-state index in [1.54, 1.807) is 0 Å². The van der Waals surface area contributed by atoms with Crippen LogP contribution in [0.15, 0.2) is 12.2 Å². The van der Waals surface area contributed by atoms with Gasteiger partial charge in [-0.1, -0.05) is 27.4 Å². The third-order valence-electron chi connectivity index (χ3n) is 1.48. The van der Waals surface area contributed by atoms with Gasteiger partial charge in [0.15, 0.2) is 0 Å². The molecule has 0 bridgehead atoms. The van der Waals surface area contributed by atoms with E-state index in [4.69, 9.17) is 5.11 Å². The molecule has 0 atom stereocenters. The van der Waals surface area contributed by atoms with Crippen molar-refractivity contribution in [3.05, 3.63) is 12.2 Å². The van der Waals surface area contributed by atoms with Crippen molar-refractivity contribution in [2.24, 2.45) is 5.41 Å². The molecular formula is C12H26ClNO2. The molecule has 0 radical (unpaired) electrons. The Hall–Kier alpha value is -0.540. The van der Waals surface area contributed by atoms with Crippen LogP contribution in [-0.4, -0.2) is 37.1 Å². The van der Waals surface area contributed by atoms with Crippen LogP contribution in [0.3, 0.4) is 0 Å². The minimum Gasteiger partial charge on any atom is -0.478 e. The first-order valence-corrected chi connectivity index (χ1v) is 5.08. The van der Waals surface area contributed by atoms with Crippen molar-refractivity contribution in [3.8, 4) is 0 Å². The number of rotatable bonds is 3. The molecule has 0 aliphatic heterocycles. The van der Waals surface area contributed by atoms with Crippen molar-refractivity contribution >= 4 is 18.4 Å². The summed E-state index contributed by atoms with van der Waals surface area (Å²) < 4.78 is 0. The molecule has 98 valence electrons. The van der Waals surface area contributed by atoms with Crippen LogP contribution in [0.1, 0.15) is 33.6 Å². The zero-order chi connectivity index (χ0) is 12.6. The molecule has 0 unspecified atom stereocenters. The van der Waals surface area contributed by atoms with Crippen molar-refractivity contribution < 1.29 is 9.90 Å². The van der Waals surface area contributed by atoms with E-state index >= 15 is 0 Å². The number of halogens is 1. The molecule has 0 amide bonds. The highest BCUT2D eigenvalue weighted by Crippen LogP contribution is 2.22. The topological polar surface area (TPSA) is 40.5 Å². The zero-order valence-electron chi connectivity index (χ0n) is 11.3. The van der Waals surface area contributed by atoms with Crippen molar-refractivity contribution in [2.45, 2.75) is 33.6 Å². The van der Waals surface area contributed by atoms with Gasteiger partial charge in [0.1, 0.15) is 0 Å². The van der Waals surface area contributed by atoms with Crippen LogP contribution in [0.25, 0.3) is 0 Å². The predicted molar refractivity (Wildman–Crippen MR) is 72.3 cm³/mol. The first kappa shape index (κ1) is 20.8. The van der Waals surface area contributed by atoms with Gasteiger partial charge in [0, 0.05) is 5.57 Å². The van der Waals surface area contributed by atoms with Gasteiger partial charge in [-0.3, -0.25) is 0 Å². The average molecular weight is 252 g/mol. The average Bonchev–Trinajstić information content (AvgIpc) is 1.97. The molecule has 0 aromatic rings. The first-order valence-electron chi connectivity index (χ1n) is 5.08. The lowest BCUT2D eigenvalue weighted by Crippen LogP contribution is -2.07. The van der Waals surface area contributed by atoms with Gasteiger partial charge >= 0.3 is 5.97 Å². The van der Waals surface area contributed by atoms with E-state index in [1.807, 2.05) is 26.0 Å². The zero-order valence-corrected chi connectivity index (χ0v) is 12.1. The Kier molecular flexibility index (Phi) is 12.6. The summed E-state index contributed by atoms with van der Waals surface area (Å²) in [5.74, 6) is -0.880. The van der Waals surface area contributed by atoms with Crippen LogP contribution in [0.4, 0.5) is 0 Å². The van der Waals surface area contributed by atoms with Crippen molar-refractivity contribution in [3.63, 3.8) is 0 Å². The van der Waals surface area contributed by atoms with Gasteiger partial charge in [0.25, 0.3) is 0 Å². The minimum absolute atomic E-state index is 0. The number of aliphatic carboxylic acids is 1. The normalized spacial score (nSPS) is 9.94. The quantitative estimate of drug-likeness (QED) is 0.784. The molecule has 0 aliphatic carbocycles. The van der Waals surface area contributed by atoms with Gasteiger partial charge in [-0.25, -0.2) is 4.79 Å². The molecule has 1 N–H and O–H groups in total. The van der Waals surface area contributed by atoms with E-state index in [-0.39, 0.29) is 17.8 Å². The second-order valence-corrected chi connectivity index (χ2v) is 5.31. The van der Waals surface area contributed by atoms with Crippen LogP contribution in [0, 0.1) is 5.41 Å². The number of hydrogen-bond acceptors (Lipinski definition) is 2. The maximum atomic E-state index is 10.3. The lowest BCUT2D eigenvalue weighted by atomic mass is 9.89. The smallest absolute Gasteiger partial charge is 0.330 e. The van der Waals surface area contributed by atoms with Gasteiger partial charge in [-0.05, 0) is 39.4 Å². The summed E-state index contributed by atoms with van der Waals surface area (Å²) in [6, 6.07) is 0. The van der Waals surface area contributed by atoms with Gasteiger partial charge in [-0.15, -0.1) is 12.4 Å². The molecule has 0 saturated heterocycles. The predicted octanol–water partition coefficient (Wildman–Crippen LogP) is 3.05. The summed E-state index contributed by atoms with van der Waals surface area (Å²) in [4.78, 5) is 12.3. The fourth-order valence-corrected chi connectivity index (χ4v) is 0.633. The van der Waals surface area contributed by atoms with Crippen molar-refractivity contribution in [1.82, 2.24) is 4.90 Å². The van der Waals surface area contributed by atoms with Gasteiger partial charge in [0.2, 0.25) is 0 Å². The molecule has 0 heterocycles. The van der Waals surface area contributed by atoms with E-state index in [0.717, 1.165) is 6.42 Å². The Morgan fingerprint density at radius 2 is 1.56 bits per heavy atom. The minimum atomic E-state index is -0.880. The summed E-state index contributed by atoms with van der Waals surface area (Å²) in [6.45, 7) is 9.71. The molecule has 3 nitrogen and oxygen atoms in total. The van der Waals surface area contributed by atoms with Crippen LogP contribution < -0.4 is 0 Å². The largest absolute Gasteiger partial charge is 0.478 e. The van der Waals surface area contributed by atoms with Gasteiger partial charge < -0.3 is 10.0 Å². The summed E-state index contributed by atoms with van der Waals surface area (Å²) >= 11 is 0. The number of carboxylic acid groups (broad SMARTS) is 1.